The van der Waals surface area contributed by atoms with Crippen LogP contribution in [0.25, 0.3) is 0 Å². The highest BCUT2D eigenvalue weighted by Crippen LogP contribution is 2.27. The second-order valence-corrected chi connectivity index (χ2v) is 3.53. The molecule has 0 saturated carbocycles. The quantitative estimate of drug-likeness (QED) is 0.724. The molecule has 1 aliphatic rings. The summed E-state index contributed by atoms with van der Waals surface area (Å²) in [4.78, 5) is 4.31. The Hall–Kier alpha value is -1.22. The van der Waals surface area contributed by atoms with E-state index in [2.05, 4.69) is 10.3 Å². The Labute approximate surface area is 95.6 Å². The number of halogens is 1. The zero-order valence-electron chi connectivity index (χ0n) is 8.66. The monoisotopic (exact) mass is 226 g/mol. The zero-order chi connectivity index (χ0) is 9.97. The molecule has 0 radical (unpaired) electrons. The standard InChI is InChI=1S/C11H14N2O.ClH/c1-8-4-2-5-9(14)11(8)13-10-6-3-7-12-10;/h2,4-5,14H,3,6-7H2,1H3,(H,12,13);1H. The molecule has 1 aromatic carbocycles. The Morgan fingerprint density at radius 2 is 2.20 bits per heavy atom. The molecule has 0 aliphatic carbocycles. The first-order chi connectivity index (χ1) is 6.77. The van der Waals surface area contributed by atoms with Gasteiger partial charge in [-0.3, -0.25) is 4.99 Å². The molecule has 4 heteroatoms. The third-order valence-corrected chi connectivity index (χ3v) is 2.39. The lowest BCUT2D eigenvalue weighted by Gasteiger charge is -2.10. The van der Waals surface area contributed by atoms with Crippen LogP contribution in [0.15, 0.2) is 23.2 Å². The smallest absolute Gasteiger partial charge is 0.139 e. The van der Waals surface area contributed by atoms with Crippen LogP contribution in [0.5, 0.6) is 5.75 Å². The number of phenols is 1. The van der Waals surface area contributed by atoms with Gasteiger partial charge in [0.2, 0.25) is 0 Å². The minimum Gasteiger partial charge on any atom is -0.506 e. The molecule has 0 saturated heterocycles. The van der Waals surface area contributed by atoms with Crippen molar-refractivity contribution in [2.24, 2.45) is 4.99 Å². The largest absolute Gasteiger partial charge is 0.506 e. The Kier molecular flexibility index (Phi) is 3.97. The molecule has 2 N–H and O–H groups in total. The van der Waals surface area contributed by atoms with E-state index >= 15 is 0 Å². The van der Waals surface area contributed by atoms with Gasteiger partial charge in [-0.1, -0.05) is 12.1 Å². The third kappa shape index (κ3) is 2.63. The highest BCUT2D eigenvalue weighted by Gasteiger charge is 2.10. The molecule has 2 rings (SSSR count). The average Bonchev–Trinajstić information content (AvgIpc) is 2.64. The number of aromatic hydroxyl groups is 1. The van der Waals surface area contributed by atoms with E-state index in [1.165, 1.54) is 0 Å². The van der Waals surface area contributed by atoms with Crippen LogP contribution in [0, 0.1) is 6.92 Å². The van der Waals surface area contributed by atoms with E-state index in [1.807, 2.05) is 19.1 Å². The van der Waals surface area contributed by atoms with Crippen LogP contribution in [0.1, 0.15) is 18.4 Å². The molecule has 0 amide bonds. The summed E-state index contributed by atoms with van der Waals surface area (Å²) in [5.74, 6) is 1.27. The van der Waals surface area contributed by atoms with E-state index in [0.29, 0.717) is 5.75 Å². The third-order valence-electron chi connectivity index (χ3n) is 2.39. The fourth-order valence-corrected chi connectivity index (χ4v) is 1.60. The molecular formula is C11H15ClN2O. The number of para-hydroxylation sites is 1. The number of benzene rings is 1. The van der Waals surface area contributed by atoms with E-state index < -0.39 is 0 Å². The molecule has 3 nitrogen and oxygen atoms in total. The molecule has 1 heterocycles. The van der Waals surface area contributed by atoms with E-state index in [1.54, 1.807) is 6.07 Å². The van der Waals surface area contributed by atoms with E-state index in [4.69, 9.17) is 0 Å². The Morgan fingerprint density at radius 1 is 1.40 bits per heavy atom. The maximum atomic E-state index is 9.63. The number of aliphatic imine (C=N–C) groups is 1. The molecule has 0 aromatic heterocycles. The van der Waals surface area contributed by atoms with Crippen molar-refractivity contribution in [3.63, 3.8) is 0 Å². The first-order valence-electron chi connectivity index (χ1n) is 4.86. The Morgan fingerprint density at radius 3 is 2.80 bits per heavy atom. The number of rotatable bonds is 1. The summed E-state index contributed by atoms with van der Waals surface area (Å²) >= 11 is 0. The summed E-state index contributed by atoms with van der Waals surface area (Å²) in [7, 11) is 0. The minimum atomic E-state index is 0. The van der Waals surface area contributed by atoms with Gasteiger partial charge in [-0.05, 0) is 25.0 Å². The summed E-state index contributed by atoms with van der Waals surface area (Å²) in [5, 5.41) is 12.8. The van der Waals surface area contributed by atoms with E-state index in [-0.39, 0.29) is 12.4 Å². The first-order valence-corrected chi connectivity index (χ1v) is 4.86. The predicted octanol–water partition coefficient (Wildman–Crippen LogP) is 2.73. The lowest BCUT2D eigenvalue weighted by molar-refractivity contribution is 0.477. The molecule has 1 aliphatic heterocycles. The van der Waals surface area contributed by atoms with Crippen molar-refractivity contribution in [3.05, 3.63) is 23.8 Å². The van der Waals surface area contributed by atoms with Gasteiger partial charge in [0.1, 0.15) is 11.6 Å². The maximum Gasteiger partial charge on any atom is 0.139 e. The van der Waals surface area contributed by atoms with Crippen molar-refractivity contribution < 1.29 is 5.11 Å². The number of amidine groups is 1. The van der Waals surface area contributed by atoms with Crippen molar-refractivity contribution in [1.29, 1.82) is 0 Å². The molecular weight excluding hydrogens is 212 g/mol. The normalized spacial score (nSPS) is 14.3. The Bertz CT molecular complexity index is 357. The van der Waals surface area contributed by atoms with Gasteiger partial charge in [0, 0.05) is 13.0 Å². The molecule has 0 bridgehead atoms. The number of aryl methyl sites for hydroxylation is 1. The number of hydrogen-bond acceptors (Lipinski definition) is 3. The summed E-state index contributed by atoms with van der Waals surface area (Å²) in [6.45, 7) is 2.87. The average molecular weight is 227 g/mol. The van der Waals surface area contributed by atoms with E-state index in [0.717, 1.165) is 36.5 Å². The topological polar surface area (TPSA) is 44.6 Å². The predicted molar refractivity (Wildman–Crippen MR) is 65.3 cm³/mol. The van der Waals surface area contributed by atoms with Gasteiger partial charge in [-0.2, -0.15) is 0 Å². The van der Waals surface area contributed by atoms with Gasteiger partial charge in [-0.15, -0.1) is 12.4 Å². The number of nitrogens with zero attached hydrogens (tertiary/aromatic N) is 1. The van der Waals surface area contributed by atoms with Gasteiger partial charge in [-0.25, -0.2) is 0 Å². The van der Waals surface area contributed by atoms with Crippen molar-refractivity contribution in [3.8, 4) is 5.75 Å². The molecule has 0 fully saturated rings. The summed E-state index contributed by atoms with van der Waals surface area (Å²) in [6.07, 6.45) is 2.09. The van der Waals surface area contributed by atoms with Crippen LogP contribution in [0.3, 0.4) is 0 Å². The lowest BCUT2D eigenvalue weighted by atomic mass is 10.2. The van der Waals surface area contributed by atoms with Crippen molar-refractivity contribution in [2.75, 3.05) is 11.9 Å². The molecule has 82 valence electrons. The summed E-state index contributed by atoms with van der Waals surface area (Å²) < 4.78 is 0. The number of hydrogen-bond donors (Lipinski definition) is 2. The number of nitrogens with one attached hydrogen (secondary N) is 1. The number of anilines is 1. The van der Waals surface area contributed by atoms with Crippen LogP contribution in [-0.4, -0.2) is 17.5 Å². The Balaban J connectivity index is 0.00000112. The van der Waals surface area contributed by atoms with Crippen LogP contribution in [-0.2, 0) is 0 Å². The highest BCUT2D eigenvalue weighted by atomic mass is 35.5. The van der Waals surface area contributed by atoms with Gasteiger partial charge >= 0.3 is 0 Å². The zero-order valence-corrected chi connectivity index (χ0v) is 9.47. The molecule has 0 unspecified atom stereocenters. The van der Waals surface area contributed by atoms with Crippen molar-refractivity contribution >= 4 is 23.9 Å². The van der Waals surface area contributed by atoms with Crippen molar-refractivity contribution in [2.45, 2.75) is 19.8 Å². The molecule has 15 heavy (non-hydrogen) atoms. The van der Waals surface area contributed by atoms with E-state index in [9.17, 15) is 5.11 Å². The second kappa shape index (κ2) is 5.03. The van der Waals surface area contributed by atoms with Crippen LogP contribution in [0.4, 0.5) is 5.69 Å². The molecule has 0 spiro atoms. The maximum absolute atomic E-state index is 9.63. The lowest BCUT2D eigenvalue weighted by Crippen LogP contribution is -2.09. The van der Waals surface area contributed by atoms with Gasteiger partial charge in [0.15, 0.2) is 0 Å². The molecule has 1 aromatic rings. The fraction of sp³-hybridized carbons (Fsp3) is 0.364. The number of phenolic OH excluding ortho intramolecular Hbond substituents is 1. The second-order valence-electron chi connectivity index (χ2n) is 3.53. The summed E-state index contributed by atoms with van der Waals surface area (Å²) in [6, 6.07) is 5.49. The minimum absolute atomic E-state index is 0. The van der Waals surface area contributed by atoms with Gasteiger partial charge < -0.3 is 10.4 Å². The highest BCUT2D eigenvalue weighted by molar-refractivity contribution is 5.98. The van der Waals surface area contributed by atoms with Gasteiger partial charge in [0.25, 0.3) is 0 Å². The van der Waals surface area contributed by atoms with Gasteiger partial charge in [0.05, 0.1) is 5.69 Å². The first kappa shape index (κ1) is 11.9. The fourth-order valence-electron chi connectivity index (χ4n) is 1.60. The SMILES string of the molecule is Cc1cccc(O)c1NC1=NCCC1.Cl. The van der Waals surface area contributed by atoms with Crippen LogP contribution in [0.2, 0.25) is 0 Å². The van der Waals surface area contributed by atoms with Crippen LogP contribution < -0.4 is 5.32 Å². The summed E-state index contributed by atoms with van der Waals surface area (Å²) in [5.41, 5.74) is 1.83. The van der Waals surface area contributed by atoms with Crippen molar-refractivity contribution in [1.82, 2.24) is 0 Å². The molecule has 0 atom stereocenters. The van der Waals surface area contributed by atoms with Crippen LogP contribution >= 0.6 is 12.4 Å².